The van der Waals surface area contributed by atoms with E-state index in [1.807, 2.05) is 4.90 Å². The van der Waals surface area contributed by atoms with Gasteiger partial charge in [-0.25, -0.2) is 15.0 Å². The highest BCUT2D eigenvalue weighted by molar-refractivity contribution is 5.91. The molecule has 9 heteroatoms. The summed E-state index contributed by atoms with van der Waals surface area (Å²) in [5.41, 5.74) is 0.233. The van der Waals surface area contributed by atoms with Crippen LogP contribution in [-0.2, 0) is 6.18 Å². The van der Waals surface area contributed by atoms with Crippen molar-refractivity contribution in [2.75, 3.05) is 18.6 Å². The number of nitrogens with one attached hydrogen (secondary N) is 1. The molecular weight excluding hydrogens is 359 g/mol. The molecule has 0 saturated carbocycles. The van der Waals surface area contributed by atoms with Crippen LogP contribution in [0.25, 0.3) is 10.9 Å². The molecule has 1 atom stereocenters. The molecule has 6 nitrogen and oxygen atoms in total. The summed E-state index contributed by atoms with van der Waals surface area (Å²) in [6.45, 7) is 0.589. The number of nitrogens with zero attached hydrogens (tertiary/aromatic N) is 4. The minimum absolute atomic E-state index is 0.167. The zero-order chi connectivity index (χ0) is 19.0. The number of aromatic nitrogens is 4. The zero-order valence-electron chi connectivity index (χ0n) is 14.6. The number of hydrogen-bond donors (Lipinski definition) is 1. The number of halogens is 3. The lowest BCUT2D eigenvalue weighted by molar-refractivity contribution is -0.144. The van der Waals surface area contributed by atoms with Crippen molar-refractivity contribution >= 4 is 16.7 Å². The first-order chi connectivity index (χ1) is 13.0. The van der Waals surface area contributed by atoms with Gasteiger partial charge in [0, 0.05) is 24.3 Å². The van der Waals surface area contributed by atoms with E-state index >= 15 is 0 Å². The molecule has 1 saturated heterocycles. The lowest BCUT2D eigenvalue weighted by atomic mass is 10.0. The number of aromatic amines is 1. The highest BCUT2D eigenvalue weighted by Gasteiger charge is 2.37. The highest BCUT2D eigenvalue weighted by atomic mass is 19.4. The number of methoxy groups -OCH3 is 1. The van der Waals surface area contributed by atoms with Crippen LogP contribution in [0.5, 0.6) is 5.75 Å². The number of fused-ring (bicyclic) bond motifs is 1. The van der Waals surface area contributed by atoms with Gasteiger partial charge in [-0.15, -0.1) is 0 Å². The third-order valence-corrected chi connectivity index (χ3v) is 4.75. The molecule has 2 aromatic heterocycles. The number of anilines is 1. The highest BCUT2D eigenvalue weighted by Crippen LogP contribution is 2.39. The third kappa shape index (κ3) is 3.29. The summed E-state index contributed by atoms with van der Waals surface area (Å²) in [6, 6.07) is 4.64. The van der Waals surface area contributed by atoms with E-state index in [0.717, 1.165) is 25.1 Å². The monoisotopic (exact) mass is 377 g/mol. The maximum Gasteiger partial charge on any atom is 0.451 e. The van der Waals surface area contributed by atoms with E-state index in [4.69, 9.17) is 4.74 Å². The second kappa shape index (κ2) is 6.71. The fraction of sp³-hybridized carbons (Fsp3) is 0.389. The van der Waals surface area contributed by atoms with E-state index in [-0.39, 0.29) is 17.4 Å². The molecule has 0 amide bonds. The smallest absolute Gasteiger partial charge is 0.451 e. The molecule has 1 unspecified atom stereocenters. The molecule has 4 rings (SSSR count). The number of alkyl halides is 3. The van der Waals surface area contributed by atoms with Crippen molar-refractivity contribution in [1.82, 2.24) is 19.9 Å². The second-order valence-corrected chi connectivity index (χ2v) is 6.43. The fourth-order valence-electron chi connectivity index (χ4n) is 3.49. The van der Waals surface area contributed by atoms with E-state index < -0.39 is 12.0 Å². The predicted octanol–water partition coefficient (Wildman–Crippen LogP) is 4.11. The number of ether oxygens (including phenoxy) is 1. The van der Waals surface area contributed by atoms with Gasteiger partial charge >= 0.3 is 6.18 Å². The van der Waals surface area contributed by atoms with Crippen LogP contribution < -0.4 is 9.64 Å². The molecule has 1 aromatic carbocycles. The molecule has 1 N–H and O–H groups in total. The van der Waals surface area contributed by atoms with Crippen LogP contribution in [0, 0.1) is 0 Å². The first-order valence-corrected chi connectivity index (χ1v) is 8.66. The molecule has 0 aliphatic carbocycles. The predicted molar refractivity (Wildman–Crippen MR) is 93.6 cm³/mol. The summed E-state index contributed by atoms with van der Waals surface area (Å²) in [7, 11) is 1.51. The second-order valence-electron chi connectivity index (χ2n) is 6.43. The van der Waals surface area contributed by atoms with Gasteiger partial charge in [0.25, 0.3) is 0 Å². The number of piperidine rings is 1. The molecule has 3 aromatic rings. The van der Waals surface area contributed by atoms with Crippen LogP contribution in [0.15, 0.2) is 30.6 Å². The Bertz CT molecular complexity index is 942. The molecule has 0 bridgehead atoms. The zero-order valence-corrected chi connectivity index (χ0v) is 14.6. The van der Waals surface area contributed by atoms with Crippen molar-refractivity contribution in [1.29, 1.82) is 0 Å². The molecule has 0 radical (unpaired) electrons. The van der Waals surface area contributed by atoms with E-state index in [1.165, 1.54) is 13.2 Å². The molecule has 142 valence electrons. The van der Waals surface area contributed by atoms with Crippen molar-refractivity contribution < 1.29 is 17.9 Å². The first kappa shape index (κ1) is 17.6. The van der Waals surface area contributed by atoms with Crippen molar-refractivity contribution in [3.8, 4) is 5.75 Å². The Hall–Kier alpha value is -2.84. The number of hydrogen-bond acceptors (Lipinski definition) is 5. The summed E-state index contributed by atoms with van der Waals surface area (Å²) < 4.78 is 45.4. The van der Waals surface area contributed by atoms with E-state index in [0.29, 0.717) is 17.7 Å². The molecule has 0 spiro atoms. The maximum atomic E-state index is 13.4. The number of H-pyrrole nitrogens is 1. The van der Waals surface area contributed by atoms with Crippen molar-refractivity contribution in [2.45, 2.75) is 31.5 Å². The average molecular weight is 377 g/mol. The van der Waals surface area contributed by atoms with Gasteiger partial charge in [0.2, 0.25) is 5.82 Å². The largest absolute Gasteiger partial charge is 0.497 e. The molecule has 27 heavy (non-hydrogen) atoms. The van der Waals surface area contributed by atoms with Gasteiger partial charge < -0.3 is 14.6 Å². The maximum absolute atomic E-state index is 13.4. The molecule has 1 fully saturated rings. The summed E-state index contributed by atoms with van der Waals surface area (Å²) in [4.78, 5) is 16.9. The quantitative estimate of drug-likeness (QED) is 0.744. The van der Waals surface area contributed by atoms with Gasteiger partial charge in [0.15, 0.2) is 0 Å². The van der Waals surface area contributed by atoms with Gasteiger partial charge in [0.05, 0.1) is 18.7 Å². The lowest BCUT2D eigenvalue weighted by Gasteiger charge is -2.36. The molecular formula is C18H18F3N5O. The van der Waals surface area contributed by atoms with E-state index in [2.05, 4.69) is 19.9 Å². The Morgan fingerprint density at radius 3 is 2.78 bits per heavy atom. The van der Waals surface area contributed by atoms with E-state index in [9.17, 15) is 13.2 Å². The number of imidazole rings is 1. The third-order valence-electron chi connectivity index (χ3n) is 4.75. The Labute approximate surface area is 153 Å². The van der Waals surface area contributed by atoms with Crippen LogP contribution >= 0.6 is 0 Å². The first-order valence-electron chi connectivity index (χ1n) is 8.66. The number of rotatable bonds is 3. The summed E-state index contributed by atoms with van der Waals surface area (Å²) in [6.07, 6.45) is 1.35. The minimum Gasteiger partial charge on any atom is -0.497 e. The topological polar surface area (TPSA) is 66.9 Å². The molecule has 1 aliphatic rings. The summed E-state index contributed by atoms with van der Waals surface area (Å²) in [5, 5.41) is 0.529. The minimum atomic E-state index is -4.63. The molecule has 3 heterocycles. The van der Waals surface area contributed by atoms with Crippen LogP contribution in [0.4, 0.5) is 19.0 Å². The van der Waals surface area contributed by atoms with Crippen LogP contribution in [-0.4, -0.2) is 33.6 Å². The van der Waals surface area contributed by atoms with Gasteiger partial charge in [-0.2, -0.15) is 13.2 Å². The van der Waals surface area contributed by atoms with Gasteiger partial charge in [-0.1, -0.05) is 0 Å². The van der Waals surface area contributed by atoms with Crippen molar-refractivity contribution in [2.24, 2.45) is 0 Å². The van der Waals surface area contributed by atoms with Crippen LogP contribution in [0.1, 0.15) is 37.0 Å². The Morgan fingerprint density at radius 1 is 1.22 bits per heavy atom. The van der Waals surface area contributed by atoms with Gasteiger partial charge in [-0.05, 0) is 37.5 Å². The summed E-state index contributed by atoms with van der Waals surface area (Å²) >= 11 is 0. The van der Waals surface area contributed by atoms with E-state index in [1.54, 1.807) is 24.5 Å². The standard InChI is InChI=1S/C18H18F3N5O/c1-27-11-5-6-13-12(10-11)16(25-17(24-13)18(19,20)21)26-9-3-2-4-14(26)15-22-7-8-23-15/h5-8,10,14H,2-4,9H2,1H3,(H,22,23). The van der Waals surface area contributed by atoms with Crippen LogP contribution in [0.2, 0.25) is 0 Å². The Morgan fingerprint density at radius 2 is 2.07 bits per heavy atom. The Kier molecular flexibility index (Phi) is 4.37. The normalized spacial score (nSPS) is 18.1. The van der Waals surface area contributed by atoms with Crippen molar-refractivity contribution in [3.05, 3.63) is 42.2 Å². The Balaban J connectivity index is 1.91. The van der Waals surface area contributed by atoms with Crippen LogP contribution in [0.3, 0.4) is 0 Å². The summed E-state index contributed by atoms with van der Waals surface area (Å²) in [5.74, 6) is 0.378. The molecule has 1 aliphatic heterocycles. The SMILES string of the molecule is COc1ccc2nc(C(F)(F)F)nc(N3CCCCC3c3ncc[nH]3)c2c1. The average Bonchev–Trinajstić information content (AvgIpc) is 3.20. The van der Waals surface area contributed by atoms with Gasteiger partial charge in [0.1, 0.15) is 17.4 Å². The van der Waals surface area contributed by atoms with Gasteiger partial charge in [-0.3, -0.25) is 0 Å². The fourth-order valence-corrected chi connectivity index (χ4v) is 3.49. The van der Waals surface area contributed by atoms with Crippen molar-refractivity contribution in [3.63, 3.8) is 0 Å². The number of benzene rings is 1. The lowest BCUT2D eigenvalue weighted by Crippen LogP contribution is -2.35.